The van der Waals surface area contributed by atoms with Crippen LogP contribution < -0.4 is 10.6 Å². The Labute approximate surface area is 109 Å². The van der Waals surface area contributed by atoms with E-state index in [2.05, 4.69) is 20.6 Å². The number of nitrogens with two attached hydrogens (primary N) is 1. The molecule has 0 spiro atoms. The molecular formula is C13H24N4O. The third kappa shape index (κ3) is 3.03. The van der Waals surface area contributed by atoms with E-state index in [0.717, 1.165) is 44.4 Å². The van der Waals surface area contributed by atoms with Crippen molar-refractivity contribution < 1.29 is 4.74 Å². The van der Waals surface area contributed by atoms with Gasteiger partial charge in [-0.1, -0.05) is 0 Å². The van der Waals surface area contributed by atoms with Gasteiger partial charge in [-0.3, -0.25) is 0 Å². The molecule has 1 saturated heterocycles. The molecule has 1 aromatic rings. The van der Waals surface area contributed by atoms with Gasteiger partial charge in [0.1, 0.15) is 0 Å². The van der Waals surface area contributed by atoms with Crippen molar-refractivity contribution in [3.63, 3.8) is 0 Å². The SMILES string of the molecule is COCCn1cc(C)nc1N1CCCC(CN)C1. The van der Waals surface area contributed by atoms with Crippen molar-refractivity contribution in [2.45, 2.75) is 26.3 Å². The summed E-state index contributed by atoms with van der Waals surface area (Å²) in [5, 5.41) is 0. The lowest BCUT2D eigenvalue weighted by Crippen LogP contribution is -2.39. The van der Waals surface area contributed by atoms with Gasteiger partial charge in [-0.2, -0.15) is 0 Å². The summed E-state index contributed by atoms with van der Waals surface area (Å²) in [7, 11) is 1.73. The molecule has 1 aromatic heterocycles. The highest BCUT2D eigenvalue weighted by Crippen LogP contribution is 2.22. The van der Waals surface area contributed by atoms with Crippen molar-refractivity contribution >= 4 is 5.95 Å². The Morgan fingerprint density at radius 3 is 3.11 bits per heavy atom. The Morgan fingerprint density at radius 1 is 1.56 bits per heavy atom. The standard InChI is InChI=1S/C13H24N4O/c1-11-9-17(6-7-18-2)13(15-11)16-5-3-4-12(8-14)10-16/h9,12H,3-8,10,14H2,1-2H3. The Bertz CT molecular complexity index is 377. The van der Waals surface area contributed by atoms with Gasteiger partial charge in [0, 0.05) is 32.9 Å². The quantitative estimate of drug-likeness (QED) is 0.850. The Kier molecular flexibility index (Phi) is 4.60. The number of hydrogen-bond donors (Lipinski definition) is 1. The summed E-state index contributed by atoms with van der Waals surface area (Å²) in [6.45, 7) is 6.50. The lowest BCUT2D eigenvalue weighted by atomic mass is 9.99. The highest BCUT2D eigenvalue weighted by atomic mass is 16.5. The van der Waals surface area contributed by atoms with Crippen LogP contribution in [0.5, 0.6) is 0 Å². The van der Waals surface area contributed by atoms with Crippen LogP contribution in [0.15, 0.2) is 6.20 Å². The van der Waals surface area contributed by atoms with Gasteiger partial charge in [-0.05, 0) is 32.2 Å². The number of anilines is 1. The zero-order chi connectivity index (χ0) is 13.0. The summed E-state index contributed by atoms with van der Waals surface area (Å²) in [4.78, 5) is 7.01. The van der Waals surface area contributed by atoms with E-state index in [0.29, 0.717) is 5.92 Å². The second-order valence-electron chi connectivity index (χ2n) is 5.06. The third-order valence-electron chi connectivity index (χ3n) is 3.55. The van der Waals surface area contributed by atoms with Gasteiger partial charge in [0.15, 0.2) is 0 Å². The van der Waals surface area contributed by atoms with Crippen LogP contribution in [0.25, 0.3) is 0 Å². The van der Waals surface area contributed by atoms with Crippen LogP contribution in [0.1, 0.15) is 18.5 Å². The molecule has 0 aromatic carbocycles. The van der Waals surface area contributed by atoms with Gasteiger partial charge < -0.3 is 19.9 Å². The topological polar surface area (TPSA) is 56.3 Å². The molecule has 1 fully saturated rings. The van der Waals surface area contributed by atoms with Gasteiger partial charge >= 0.3 is 0 Å². The van der Waals surface area contributed by atoms with Gasteiger partial charge in [-0.25, -0.2) is 4.98 Å². The van der Waals surface area contributed by atoms with Gasteiger partial charge in [-0.15, -0.1) is 0 Å². The monoisotopic (exact) mass is 252 g/mol. The second kappa shape index (κ2) is 6.20. The van der Waals surface area contributed by atoms with Crippen molar-refractivity contribution in [2.75, 3.05) is 38.3 Å². The largest absolute Gasteiger partial charge is 0.383 e. The van der Waals surface area contributed by atoms with Crippen molar-refractivity contribution in [1.82, 2.24) is 9.55 Å². The van der Waals surface area contributed by atoms with E-state index < -0.39 is 0 Å². The van der Waals surface area contributed by atoms with Crippen LogP contribution in [0, 0.1) is 12.8 Å². The van der Waals surface area contributed by atoms with Crippen LogP contribution in [0.3, 0.4) is 0 Å². The number of nitrogens with zero attached hydrogens (tertiary/aromatic N) is 3. The Balaban J connectivity index is 2.10. The molecule has 0 radical (unpaired) electrons. The molecule has 0 aliphatic carbocycles. The highest BCUT2D eigenvalue weighted by molar-refractivity contribution is 5.34. The van der Waals surface area contributed by atoms with Crippen LogP contribution in [0.2, 0.25) is 0 Å². The molecule has 102 valence electrons. The fourth-order valence-electron chi connectivity index (χ4n) is 2.58. The maximum absolute atomic E-state index is 5.79. The lowest BCUT2D eigenvalue weighted by molar-refractivity contribution is 0.187. The third-order valence-corrected chi connectivity index (χ3v) is 3.55. The van der Waals surface area contributed by atoms with Crippen molar-refractivity contribution in [3.05, 3.63) is 11.9 Å². The molecular weight excluding hydrogens is 228 g/mol. The summed E-state index contributed by atoms with van der Waals surface area (Å²) in [6, 6.07) is 0. The smallest absolute Gasteiger partial charge is 0.205 e. The molecule has 2 N–H and O–H groups in total. The van der Waals surface area contributed by atoms with E-state index >= 15 is 0 Å². The van der Waals surface area contributed by atoms with Crippen LogP contribution in [-0.4, -0.2) is 42.9 Å². The molecule has 0 bridgehead atoms. The lowest BCUT2D eigenvalue weighted by Gasteiger charge is -2.33. The van der Waals surface area contributed by atoms with Crippen LogP contribution in [-0.2, 0) is 11.3 Å². The molecule has 1 atom stereocenters. The number of aryl methyl sites for hydroxylation is 1. The number of aromatic nitrogens is 2. The van der Waals surface area contributed by atoms with E-state index in [1.807, 2.05) is 6.92 Å². The first kappa shape index (κ1) is 13.4. The number of rotatable bonds is 5. The minimum atomic E-state index is 0.603. The summed E-state index contributed by atoms with van der Waals surface area (Å²) in [5.41, 5.74) is 6.86. The summed E-state index contributed by atoms with van der Waals surface area (Å²) < 4.78 is 7.34. The first-order valence-corrected chi connectivity index (χ1v) is 6.72. The minimum absolute atomic E-state index is 0.603. The fraction of sp³-hybridized carbons (Fsp3) is 0.769. The van der Waals surface area contributed by atoms with E-state index in [1.54, 1.807) is 7.11 Å². The van der Waals surface area contributed by atoms with Crippen LogP contribution in [0.4, 0.5) is 5.95 Å². The van der Waals surface area contributed by atoms with Gasteiger partial charge in [0.2, 0.25) is 5.95 Å². The highest BCUT2D eigenvalue weighted by Gasteiger charge is 2.22. The average Bonchev–Trinajstić information content (AvgIpc) is 2.77. The van der Waals surface area contributed by atoms with E-state index in [9.17, 15) is 0 Å². The molecule has 0 amide bonds. The van der Waals surface area contributed by atoms with Crippen molar-refractivity contribution in [2.24, 2.45) is 11.7 Å². The Morgan fingerprint density at radius 2 is 2.39 bits per heavy atom. The number of hydrogen-bond acceptors (Lipinski definition) is 4. The van der Waals surface area contributed by atoms with Crippen LogP contribution >= 0.6 is 0 Å². The first-order valence-electron chi connectivity index (χ1n) is 6.72. The summed E-state index contributed by atoms with van der Waals surface area (Å²) in [6.07, 6.45) is 4.54. The molecule has 2 heterocycles. The van der Waals surface area contributed by atoms with Crippen molar-refractivity contribution in [1.29, 1.82) is 0 Å². The fourth-order valence-corrected chi connectivity index (χ4v) is 2.58. The first-order chi connectivity index (χ1) is 8.74. The number of imidazole rings is 1. The maximum Gasteiger partial charge on any atom is 0.205 e. The molecule has 1 aliphatic heterocycles. The molecule has 2 rings (SSSR count). The molecule has 5 heteroatoms. The molecule has 5 nitrogen and oxygen atoms in total. The molecule has 18 heavy (non-hydrogen) atoms. The predicted molar refractivity (Wildman–Crippen MR) is 72.8 cm³/mol. The number of piperidine rings is 1. The molecule has 1 aliphatic rings. The zero-order valence-electron chi connectivity index (χ0n) is 11.4. The number of methoxy groups -OCH3 is 1. The predicted octanol–water partition coefficient (Wildman–Crippen LogP) is 1.01. The van der Waals surface area contributed by atoms with E-state index in [4.69, 9.17) is 10.5 Å². The number of ether oxygens (including phenoxy) is 1. The Hall–Kier alpha value is -1.07. The normalized spacial score (nSPS) is 20.4. The zero-order valence-corrected chi connectivity index (χ0v) is 11.4. The van der Waals surface area contributed by atoms with Gasteiger partial charge in [0.05, 0.1) is 12.3 Å². The minimum Gasteiger partial charge on any atom is -0.383 e. The summed E-state index contributed by atoms with van der Waals surface area (Å²) >= 11 is 0. The molecule has 0 saturated carbocycles. The maximum atomic E-state index is 5.79. The average molecular weight is 252 g/mol. The summed E-state index contributed by atoms with van der Waals surface area (Å²) in [5.74, 6) is 1.68. The van der Waals surface area contributed by atoms with E-state index in [-0.39, 0.29) is 0 Å². The second-order valence-corrected chi connectivity index (χ2v) is 5.06. The van der Waals surface area contributed by atoms with Crippen molar-refractivity contribution in [3.8, 4) is 0 Å². The van der Waals surface area contributed by atoms with E-state index in [1.165, 1.54) is 12.8 Å². The molecule has 1 unspecified atom stereocenters. The van der Waals surface area contributed by atoms with Gasteiger partial charge in [0.25, 0.3) is 0 Å².